The Morgan fingerprint density at radius 1 is 0.838 bits per heavy atom. The first-order chi connectivity index (χ1) is 18.0. The Kier molecular flexibility index (Phi) is 7.69. The molecule has 0 aromatic heterocycles. The number of nitrogens with zero attached hydrogens (tertiary/aromatic N) is 4. The molecular formula is C28H35N5O4. The maximum Gasteiger partial charge on any atom is 0.269 e. The molecular weight excluding hydrogens is 470 g/mol. The van der Waals surface area contributed by atoms with Crippen molar-refractivity contribution in [2.24, 2.45) is 0 Å². The minimum Gasteiger partial charge on any atom is -0.371 e. The van der Waals surface area contributed by atoms with Crippen molar-refractivity contribution >= 4 is 23.2 Å². The third-order valence-electron chi connectivity index (χ3n) is 8.09. The number of benzene rings is 2. The molecule has 0 radical (unpaired) electrons. The topological polar surface area (TPSA) is 99.0 Å². The molecule has 2 aromatic rings. The fraction of sp³-hybridized carbons (Fsp3) is 0.500. The van der Waals surface area contributed by atoms with Crippen molar-refractivity contribution in [3.05, 3.63) is 69.8 Å². The van der Waals surface area contributed by atoms with E-state index in [4.69, 9.17) is 0 Å². The summed E-state index contributed by atoms with van der Waals surface area (Å²) >= 11 is 0. The molecule has 2 saturated heterocycles. The van der Waals surface area contributed by atoms with Gasteiger partial charge in [0.1, 0.15) is 0 Å². The second kappa shape index (κ2) is 11.3. The molecule has 37 heavy (non-hydrogen) atoms. The lowest BCUT2D eigenvalue weighted by atomic mass is 10.0. The summed E-state index contributed by atoms with van der Waals surface area (Å²) in [7, 11) is 0. The van der Waals surface area contributed by atoms with E-state index in [1.54, 1.807) is 0 Å². The van der Waals surface area contributed by atoms with Crippen molar-refractivity contribution in [3.63, 3.8) is 0 Å². The first-order valence-corrected chi connectivity index (χ1v) is 13.4. The Morgan fingerprint density at radius 2 is 1.49 bits per heavy atom. The lowest BCUT2D eigenvalue weighted by molar-refractivity contribution is -0.384. The van der Waals surface area contributed by atoms with Crippen molar-refractivity contribution in [1.29, 1.82) is 0 Å². The highest BCUT2D eigenvalue weighted by Gasteiger charge is 2.30. The summed E-state index contributed by atoms with van der Waals surface area (Å²) in [4.78, 5) is 43.3. The number of amides is 2. The van der Waals surface area contributed by atoms with E-state index in [2.05, 4.69) is 15.1 Å². The second-order valence-corrected chi connectivity index (χ2v) is 10.3. The molecule has 0 unspecified atom stereocenters. The van der Waals surface area contributed by atoms with Crippen molar-refractivity contribution in [2.75, 3.05) is 44.2 Å². The molecule has 5 rings (SSSR count). The third-order valence-corrected chi connectivity index (χ3v) is 8.09. The highest BCUT2D eigenvalue weighted by molar-refractivity contribution is 6.00. The predicted molar refractivity (Wildman–Crippen MR) is 142 cm³/mol. The molecule has 2 heterocycles. The standard InChI is InChI=1S/C28H35N5O4/c34-27(21-9-11-24(12-10-21)33(36)37)29-22-13-15-31(16-14-22)26-8-4-3-7-25(26)28(35)32-19-17-30(18-20-32)23-5-1-2-6-23/h3-4,7-12,22-23H,1-2,5-6,13-20H2,(H,29,34). The zero-order chi connectivity index (χ0) is 25.8. The number of piperidine rings is 1. The normalized spacial score (nSPS) is 19.7. The van der Waals surface area contributed by atoms with Gasteiger partial charge in [0.2, 0.25) is 0 Å². The molecule has 2 amide bonds. The number of nitro benzene ring substituents is 1. The van der Waals surface area contributed by atoms with Gasteiger partial charge in [-0.05, 0) is 49.9 Å². The molecule has 3 fully saturated rings. The van der Waals surface area contributed by atoms with Crippen LogP contribution in [0.5, 0.6) is 0 Å². The summed E-state index contributed by atoms with van der Waals surface area (Å²) in [5.74, 6) is -0.115. The number of rotatable bonds is 6. The highest BCUT2D eigenvalue weighted by Crippen LogP contribution is 2.28. The maximum atomic E-state index is 13.5. The minimum atomic E-state index is -0.476. The van der Waals surface area contributed by atoms with Gasteiger partial charge in [-0.15, -0.1) is 0 Å². The summed E-state index contributed by atoms with van der Waals surface area (Å²) in [5, 5.41) is 13.9. The van der Waals surface area contributed by atoms with Crippen LogP contribution in [0.15, 0.2) is 48.5 Å². The van der Waals surface area contributed by atoms with Gasteiger partial charge in [0.05, 0.1) is 10.5 Å². The first kappa shape index (κ1) is 25.2. The van der Waals surface area contributed by atoms with Crippen LogP contribution in [0, 0.1) is 10.1 Å². The van der Waals surface area contributed by atoms with Crippen molar-refractivity contribution in [3.8, 4) is 0 Å². The number of anilines is 1. The number of non-ortho nitro benzene ring substituents is 1. The first-order valence-electron chi connectivity index (χ1n) is 13.4. The molecule has 9 nitrogen and oxygen atoms in total. The molecule has 196 valence electrons. The van der Waals surface area contributed by atoms with E-state index in [0.29, 0.717) is 11.6 Å². The number of nitro groups is 1. The summed E-state index contributed by atoms with van der Waals surface area (Å²) in [6.07, 6.45) is 6.77. The van der Waals surface area contributed by atoms with Gasteiger partial charge < -0.3 is 15.1 Å². The SMILES string of the molecule is O=C(NC1CCN(c2ccccc2C(=O)N2CCN(C3CCCC3)CC2)CC1)c1ccc([N+](=O)[O-])cc1. The van der Waals surface area contributed by atoms with Crippen LogP contribution >= 0.6 is 0 Å². The highest BCUT2D eigenvalue weighted by atomic mass is 16.6. The quantitative estimate of drug-likeness (QED) is 0.475. The van der Waals surface area contributed by atoms with Crippen molar-refractivity contribution in [2.45, 2.75) is 50.6 Å². The van der Waals surface area contributed by atoms with E-state index in [1.807, 2.05) is 29.2 Å². The van der Waals surface area contributed by atoms with Gasteiger partial charge in [0.15, 0.2) is 0 Å². The molecule has 1 aliphatic carbocycles. The molecule has 1 N–H and O–H groups in total. The fourth-order valence-corrected chi connectivity index (χ4v) is 5.93. The van der Waals surface area contributed by atoms with Crippen LogP contribution < -0.4 is 10.2 Å². The number of carbonyl (C=O) groups is 2. The Bertz CT molecular complexity index is 1120. The zero-order valence-corrected chi connectivity index (χ0v) is 21.2. The molecule has 0 atom stereocenters. The summed E-state index contributed by atoms with van der Waals surface area (Å²) in [6, 6.07) is 14.3. The van der Waals surface area contributed by atoms with Crippen LogP contribution in [0.4, 0.5) is 11.4 Å². The van der Waals surface area contributed by atoms with Gasteiger partial charge in [-0.3, -0.25) is 24.6 Å². The van der Waals surface area contributed by atoms with E-state index in [0.717, 1.165) is 63.4 Å². The van der Waals surface area contributed by atoms with E-state index in [1.165, 1.54) is 49.9 Å². The van der Waals surface area contributed by atoms with E-state index in [9.17, 15) is 19.7 Å². The Morgan fingerprint density at radius 3 is 2.14 bits per heavy atom. The summed E-state index contributed by atoms with van der Waals surface area (Å²) < 4.78 is 0. The van der Waals surface area contributed by atoms with Crippen LogP contribution in [0.25, 0.3) is 0 Å². The second-order valence-electron chi connectivity index (χ2n) is 10.3. The zero-order valence-electron chi connectivity index (χ0n) is 21.2. The van der Waals surface area contributed by atoms with Gasteiger partial charge in [0.25, 0.3) is 17.5 Å². The lowest BCUT2D eigenvalue weighted by Gasteiger charge is -2.39. The third kappa shape index (κ3) is 5.77. The molecule has 9 heteroatoms. The van der Waals surface area contributed by atoms with Crippen LogP contribution in [0.1, 0.15) is 59.2 Å². The van der Waals surface area contributed by atoms with Gasteiger partial charge in [-0.2, -0.15) is 0 Å². The number of hydrogen-bond acceptors (Lipinski definition) is 6. The number of para-hydroxylation sites is 1. The molecule has 2 aromatic carbocycles. The molecule has 1 saturated carbocycles. The van der Waals surface area contributed by atoms with E-state index in [-0.39, 0.29) is 23.5 Å². The monoisotopic (exact) mass is 505 g/mol. The Hall–Kier alpha value is -3.46. The number of piperazine rings is 1. The van der Waals surface area contributed by atoms with Gasteiger partial charge >= 0.3 is 0 Å². The number of nitrogens with one attached hydrogen (secondary N) is 1. The van der Waals surface area contributed by atoms with Crippen molar-refractivity contribution in [1.82, 2.24) is 15.1 Å². The largest absolute Gasteiger partial charge is 0.371 e. The Balaban J connectivity index is 1.16. The van der Waals surface area contributed by atoms with Crippen LogP contribution in [0.2, 0.25) is 0 Å². The van der Waals surface area contributed by atoms with Crippen LogP contribution in [-0.4, -0.2) is 77.9 Å². The summed E-state index contributed by atoms with van der Waals surface area (Å²) in [6.45, 7) is 4.95. The predicted octanol–water partition coefficient (Wildman–Crippen LogP) is 3.69. The fourth-order valence-electron chi connectivity index (χ4n) is 5.93. The molecule has 3 aliphatic rings. The Labute approximate surface area is 217 Å². The molecule has 0 spiro atoms. The van der Waals surface area contributed by atoms with E-state index >= 15 is 0 Å². The van der Waals surface area contributed by atoms with Gasteiger partial charge in [-0.25, -0.2) is 0 Å². The van der Waals surface area contributed by atoms with Crippen LogP contribution in [-0.2, 0) is 0 Å². The molecule has 2 aliphatic heterocycles. The van der Waals surface area contributed by atoms with E-state index < -0.39 is 4.92 Å². The summed E-state index contributed by atoms with van der Waals surface area (Å²) in [5.41, 5.74) is 2.10. The van der Waals surface area contributed by atoms with Gasteiger partial charge in [0, 0.05) is 74.7 Å². The number of carbonyl (C=O) groups excluding carboxylic acids is 2. The average molecular weight is 506 g/mol. The maximum absolute atomic E-state index is 13.5. The van der Waals surface area contributed by atoms with Gasteiger partial charge in [-0.1, -0.05) is 25.0 Å². The number of hydrogen-bond donors (Lipinski definition) is 1. The smallest absolute Gasteiger partial charge is 0.269 e. The average Bonchev–Trinajstić information content (AvgIpc) is 3.48. The lowest BCUT2D eigenvalue weighted by Crippen LogP contribution is -2.51. The minimum absolute atomic E-state index is 0.0190. The van der Waals surface area contributed by atoms with Crippen LogP contribution in [0.3, 0.4) is 0 Å². The van der Waals surface area contributed by atoms with Crippen molar-refractivity contribution < 1.29 is 14.5 Å². The molecule has 0 bridgehead atoms.